The van der Waals surface area contributed by atoms with E-state index in [1.54, 1.807) is 0 Å². The van der Waals surface area contributed by atoms with Crippen molar-refractivity contribution in [1.29, 1.82) is 0 Å². The van der Waals surface area contributed by atoms with E-state index < -0.39 is 0 Å². The van der Waals surface area contributed by atoms with Crippen molar-refractivity contribution in [3.05, 3.63) is 59.4 Å². The van der Waals surface area contributed by atoms with Crippen LogP contribution in [0.1, 0.15) is 34.3 Å². The van der Waals surface area contributed by atoms with Crippen molar-refractivity contribution in [2.45, 2.75) is 32.8 Å². The van der Waals surface area contributed by atoms with Crippen LogP contribution in [0.5, 0.6) is 0 Å². The van der Waals surface area contributed by atoms with Crippen LogP contribution in [0.3, 0.4) is 0 Å². The summed E-state index contributed by atoms with van der Waals surface area (Å²) in [5.41, 5.74) is 5.97. The fraction of sp³-hybridized carbons (Fsp3) is 0.333. The Morgan fingerprint density at radius 1 is 1.27 bits per heavy atom. The maximum Gasteiger partial charge on any atom is 0.251 e. The third-order valence-corrected chi connectivity index (χ3v) is 4.94. The Hall–Kier alpha value is -2.66. The largest absolute Gasteiger partial charge is 0.376 e. The topological polar surface area (TPSA) is 56.2 Å². The van der Waals surface area contributed by atoms with Crippen molar-refractivity contribution in [3.63, 3.8) is 0 Å². The standard InChI is InChI=1S/C21H23N3O2/c1-14-5-7-19(15(2)10-14)24-13-23-18-11-16(6-8-20(18)24)21(25)22-12-17-4-3-9-26-17/h5-8,10-11,13,17H,3-4,9,12H2,1-2H3,(H,22,25). The van der Waals surface area contributed by atoms with Crippen LogP contribution in [-0.2, 0) is 4.74 Å². The molecule has 0 bridgehead atoms. The van der Waals surface area contributed by atoms with Crippen molar-refractivity contribution < 1.29 is 9.53 Å². The molecule has 0 radical (unpaired) electrons. The summed E-state index contributed by atoms with van der Waals surface area (Å²) in [4.78, 5) is 16.9. The lowest BCUT2D eigenvalue weighted by atomic mass is 10.1. The van der Waals surface area contributed by atoms with Gasteiger partial charge in [0.15, 0.2) is 0 Å². The zero-order valence-electron chi connectivity index (χ0n) is 15.2. The number of fused-ring (bicyclic) bond motifs is 1. The molecule has 1 atom stereocenters. The highest BCUT2D eigenvalue weighted by atomic mass is 16.5. The lowest BCUT2D eigenvalue weighted by molar-refractivity contribution is 0.0858. The van der Waals surface area contributed by atoms with E-state index >= 15 is 0 Å². The lowest BCUT2D eigenvalue weighted by Crippen LogP contribution is -2.31. The van der Waals surface area contributed by atoms with Gasteiger partial charge in [-0.05, 0) is 56.5 Å². The Morgan fingerprint density at radius 2 is 2.15 bits per heavy atom. The minimum absolute atomic E-state index is 0.0801. The number of hydrogen-bond donors (Lipinski definition) is 1. The van der Waals surface area contributed by atoms with Gasteiger partial charge >= 0.3 is 0 Å². The first-order chi connectivity index (χ1) is 12.6. The van der Waals surface area contributed by atoms with Crippen LogP contribution < -0.4 is 5.32 Å². The first kappa shape index (κ1) is 16.8. The summed E-state index contributed by atoms with van der Waals surface area (Å²) in [5, 5.41) is 2.96. The summed E-state index contributed by atoms with van der Waals surface area (Å²) in [6.45, 7) is 5.54. The fourth-order valence-electron chi connectivity index (χ4n) is 3.54. The Bertz CT molecular complexity index is 955. The predicted octanol–water partition coefficient (Wildman–Crippen LogP) is 3.55. The number of hydrogen-bond acceptors (Lipinski definition) is 3. The molecule has 1 N–H and O–H groups in total. The molecule has 5 heteroatoms. The van der Waals surface area contributed by atoms with E-state index in [2.05, 4.69) is 46.9 Å². The van der Waals surface area contributed by atoms with Crippen molar-refractivity contribution in [1.82, 2.24) is 14.9 Å². The zero-order chi connectivity index (χ0) is 18.1. The number of carbonyl (C=O) groups is 1. The molecular formula is C21H23N3O2. The van der Waals surface area contributed by atoms with Gasteiger partial charge in [0.1, 0.15) is 6.33 Å². The molecule has 0 spiro atoms. The van der Waals surface area contributed by atoms with Crippen LogP contribution in [0.25, 0.3) is 16.7 Å². The maximum absolute atomic E-state index is 12.4. The number of carbonyl (C=O) groups excluding carboxylic acids is 1. The molecule has 3 aromatic rings. The molecule has 4 rings (SSSR count). The van der Waals surface area contributed by atoms with Crippen LogP contribution >= 0.6 is 0 Å². The van der Waals surface area contributed by atoms with E-state index in [0.29, 0.717) is 12.1 Å². The molecule has 134 valence electrons. The number of amides is 1. The molecule has 1 aliphatic rings. The summed E-state index contributed by atoms with van der Waals surface area (Å²) in [6.07, 6.45) is 4.05. The molecule has 0 saturated carbocycles. The second-order valence-corrected chi connectivity index (χ2v) is 6.95. The molecule has 1 aliphatic heterocycles. The van der Waals surface area contributed by atoms with Gasteiger partial charge in [0.2, 0.25) is 0 Å². The van der Waals surface area contributed by atoms with Gasteiger partial charge in [0.05, 0.1) is 22.8 Å². The quantitative estimate of drug-likeness (QED) is 0.784. The second-order valence-electron chi connectivity index (χ2n) is 6.95. The minimum atomic E-state index is -0.0801. The van der Waals surface area contributed by atoms with Crippen LogP contribution in [0.4, 0.5) is 0 Å². The van der Waals surface area contributed by atoms with Gasteiger partial charge in [-0.1, -0.05) is 17.7 Å². The predicted molar refractivity (Wildman–Crippen MR) is 102 cm³/mol. The summed E-state index contributed by atoms with van der Waals surface area (Å²) in [6, 6.07) is 12.0. The molecule has 1 saturated heterocycles. The Kier molecular flexibility index (Phi) is 4.47. The van der Waals surface area contributed by atoms with Gasteiger partial charge in [-0.2, -0.15) is 0 Å². The van der Waals surface area contributed by atoms with E-state index in [9.17, 15) is 4.79 Å². The van der Waals surface area contributed by atoms with E-state index in [0.717, 1.165) is 36.2 Å². The zero-order valence-corrected chi connectivity index (χ0v) is 15.2. The number of aryl methyl sites for hydroxylation is 2. The smallest absolute Gasteiger partial charge is 0.251 e. The molecule has 0 aliphatic carbocycles. The first-order valence-corrected chi connectivity index (χ1v) is 9.06. The summed E-state index contributed by atoms with van der Waals surface area (Å²) >= 11 is 0. The maximum atomic E-state index is 12.4. The molecule has 1 unspecified atom stereocenters. The Labute approximate surface area is 153 Å². The van der Waals surface area contributed by atoms with E-state index in [1.165, 1.54) is 11.1 Å². The van der Waals surface area contributed by atoms with Crippen LogP contribution in [0.15, 0.2) is 42.7 Å². The van der Waals surface area contributed by atoms with Gasteiger partial charge in [-0.25, -0.2) is 4.98 Å². The van der Waals surface area contributed by atoms with Crippen molar-refractivity contribution in [2.24, 2.45) is 0 Å². The van der Waals surface area contributed by atoms with Gasteiger partial charge < -0.3 is 10.1 Å². The molecule has 1 fully saturated rings. The summed E-state index contributed by atoms with van der Waals surface area (Å²) in [5.74, 6) is -0.0801. The normalized spacial score (nSPS) is 16.9. The number of aromatic nitrogens is 2. The van der Waals surface area contributed by atoms with Gasteiger partial charge in [-0.3, -0.25) is 9.36 Å². The monoisotopic (exact) mass is 349 g/mol. The number of nitrogens with zero attached hydrogens (tertiary/aromatic N) is 2. The van der Waals surface area contributed by atoms with E-state index in [1.807, 2.05) is 24.5 Å². The van der Waals surface area contributed by atoms with Gasteiger partial charge in [0, 0.05) is 18.7 Å². The van der Waals surface area contributed by atoms with E-state index in [4.69, 9.17) is 4.74 Å². The van der Waals surface area contributed by atoms with Gasteiger partial charge in [-0.15, -0.1) is 0 Å². The average molecular weight is 349 g/mol. The molecule has 1 aromatic heterocycles. The lowest BCUT2D eigenvalue weighted by Gasteiger charge is -2.11. The number of ether oxygens (including phenoxy) is 1. The average Bonchev–Trinajstić information content (AvgIpc) is 3.29. The number of rotatable bonds is 4. The molecule has 5 nitrogen and oxygen atoms in total. The highest BCUT2D eigenvalue weighted by Crippen LogP contribution is 2.22. The van der Waals surface area contributed by atoms with Crippen LogP contribution in [0.2, 0.25) is 0 Å². The first-order valence-electron chi connectivity index (χ1n) is 9.06. The molecule has 2 aromatic carbocycles. The molecular weight excluding hydrogens is 326 g/mol. The summed E-state index contributed by atoms with van der Waals surface area (Å²) < 4.78 is 7.62. The fourth-order valence-corrected chi connectivity index (χ4v) is 3.54. The third kappa shape index (κ3) is 3.22. The Balaban J connectivity index is 1.57. The van der Waals surface area contributed by atoms with E-state index in [-0.39, 0.29) is 12.0 Å². The highest BCUT2D eigenvalue weighted by molar-refractivity contribution is 5.97. The number of imidazole rings is 1. The number of nitrogens with one attached hydrogen (secondary N) is 1. The highest BCUT2D eigenvalue weighted by Gasteiger charge is 2.17. The second kappa shape index (κ2) is 6.92. The number of benzene rings is 2. The molecule has 2 heterocycles. The molecule has 1 amide bonds. The van der Waals surface area contributed by atoms with Crippen LogP contribution in [0, 0.1) is 13.8 Å². The Morgan fingerprint density at radius 3 is 2.92 bits per heavy atom. The van der Waals surface area contributed by atoms with Crippen molar-refractivity contribution in [2.75, 3.05) is 13.2 Å². The van der Waals surface area contributed by atoms with Gasteiger partial charge in [0.25, 0.3) is 5.91 Å². The SMILES string of the molecule is Cc1ccc(-n2cnc3cc(C(=O)NCC4CCCO4)ccc32)c(C)c1. The van der Waals surface area contributed by atoms with Crippen molar-refractivity contribution in [3.8, 4) is 5.69 Å². The van der Waals surface area contributed by atoms with Crippen LogP contribution in [-0.4, -0.2) is 34.7 Å². The van der Waals surface area contributed by atoms with Crippen molar-refractivity contribution >= 4 is 16.9 Å². The third-order valence-electron chi connectivity index (χ3n) is 4.94. The minimum Gasteiger partial charge on any atom is -0.376 e. The molecule has 26 heavy (non-hydrogen) atoms. The summed E-state index contributed by atoms with van der Waals surface area (Å²) in [7, 11) is 0.